The summed E-state index contributed by atoms with van der Waals surface area (Å²) in [5, 5.41) is 6.24. The van der Waals surface area contributed by atoms with E-state index >= 15 is 0 Å². The number of nitrogens with zero attached hydrogens (tertiary/aromatic N) is 2. The summed E-state index contributed by atoms with van der Waals surface area (Å²) < 4.78 is 0. The molecule has 2 unspecified atom stereocenters. The number of hydrogen-bond acceptors (Lipinski definition) is 4. The molecule has 28 heavy (non-hydrogen) atoms. The molecule has 0 aliphatic carbocycles. The minimum absolute atomic E-state index is 0.0361. The predicted octanol–water partition coefficient (Wildman–Crippen LogP) is 2.60. The summed E-state index contributed by atoms with van der Waals surface area (Å²) in [5.74, 6) is -0.348. The van der Waals surface area contributed by atoms with Crippen LogP contribution in [0.3, 0.4) is 0 Å². The Hall–Kier alpha value is -2.73. The molecule has 2 atom stereocenters. The zero-order chi connectivity index (χ0) is 19.9. The van der Waals surface area contributed by atoms with E-state index < -0.39 is 0 Å². The molecule has 1 aromatic heterocycles. The van der Waals surface area contributed by atoms with Crippen LogP contribution in [0.5, 0.6) is 0 Å². The number of hydrogen-bond donors (Lipinski definition) is 2. The number of aromatic nitrogens is 1. The second kappa shape index (κ2) is 9.46. The number of pyridine rings is 1. The topological polar surface area (TPSA) is 74.3 Å². The maximum absolute atomic E-state index is 13.0. The molecule has 0 saturated carbocycles. The van der Waals surface area contributed by atoms with Gasteiger partial charge in [0.25, 0.3) is 0 Å². The fourth-order valence-corrected chi connectivity index (χ4v) is 3.52. The first-order valence-corrected chi connectivity index (χ1v) is 9.82. The quantitative estimate of drug-likeness (QED) is 0.808. The Morgan fingerprint density at radius 1 is 1.11 bits per heavy atom. The number of aryl methyl sites for hydroxylation is 1. The van der Waals surface area contributed by atoms with Crippen LogP contribution in [0.15, 0.2) is 48.8 Å². The number of benzene rings is 1. The molecule has 0 bridgehead atoms. The first kappa shape index (κ1) is 20.0. The SMILES string of the molecule is CCN(Cc1ccncc1)C(=O)C1CNCC(C(=O)Nc2ccc(C)cc2)C1. The lowest BCUT2D eigenvalue weighted by molar-refractivity contribution is -0.137. The highest BCUT2D eigenvalue weighted by atomic mass is 16.2. The van der Waals surface area contributed by atoms with Gasteiger partial charge >= 0.3 is 0 Å². The van der Waals surface area contributed by atoms with Crippen LogP contribution in [-0.2, 0) is 16.1 Å². The van der Waals surface area contributed by atoms with E-state index in [2.05, 4.69) is 15.6 Å². The number of nitrogens with one attached hydrogen (secondary N) is 2. The zero-order valence-electron chi connectivity index (χ0n) is 16.5. The normalized spacial score (nSPS) is 19.1. The van der Waals surface area contributed by atoms with Crippen LogP contribution < -0.4 is 10.6 Å². The van der Waals surface area contributed by atoms with Crippen LogP contribution in [0, 0.1) is 18.8 Å². The fraction of sp³-hybridized carbons (Fsp3) is 0.409. The van der Waals surface area contributed by atoms with Crippen molar-refractivity contribution in [3.05, 3.63) is 59.9 Å². The minimum atomic E-state index is -0.219. The average molecular weight is 380 g/mol. The number of piperidine rings is 1. The van der Waals surface area contributed by atoms with Crippen molar-refractivity contribution in [3.63, 3.8) is 0 Å². The van der Waals surface area contributed by atoms with Crippen LogP contribution in [0.4, 0.5) is 5.69 Å². The van der Waals surface area contributed by atoms with E-state index in [9.17, 15) is 9.59 Å². The molecule has 0 radical (unpaired) electrons. The van der Waals surface area contributed by atoms with E-state index in [4.69, 9.17) is 0 Å². The summed E-state index contributed by atoms with van der Waals surface area (Å²) in [6.45, 7) is 6.40. The van der Waals surface area contributed by atoms with Crippen LogP contribution >= 0.6 is 0 Å². The molecule has 6 nitrogen and oxygen atoms in total. The molecule has 1 aromatic carbocycles. The second-order valence-electron chi connectivity index (χ2n) is 7.35. The maximum atomic E-state index is 13.0. The fourth-order valence-electron chi connectivity index (χ4n) is 3.52. The molecule has 6 heteroatoms. The standard InChI is InChI=1S/C22H28N4O2/c1-3-26(15-17-8-10-23-11-9-17)22(28)19-12-18(13-24-14-19)21(27)25-20-6-4-16(2)5-7-20/h4-11,18-19,24H,3,12-15H2,1-2H3,(H,25,27). The van der Waals surface area contributed by atoms with E-state index in [0.717, 1.165) is 16.8 Å². The Morgan fingerprint density at radius 3 is 2.46 bits per heavy atom. The van der Waals surface area contributed by atoms with Gasteiger partial charge in [0.05, 0.1) is 11.8 Å². The molecular weight excluding hydrogens is 352 g/mol. The van der Waals surface area contributed by atoms with E-state index in [1.165, 1.54) is 0 Å². The van der Waals surface area contributed by atoms with Crippen molar-refractivity contribution in [2.75, 3.05) is 25.0 Å². The molecule has 2 N–H and O–H groups in total. The van der Waals surface area contributed by atoms with Gasteiger partial charge in [0.15, 0.2) is 0 Å². The molecule has 1 aliphatic rings. The predicted molar refractivity (Wildman–Crippen MR) is 110 cm³/mol. The van der Waals surface area contributed by atoms with E-state index in [0.29, 0.717) is 32.6 Å². The summed E-state index contributed by atoms with van der Waals surface area (Å²) in [6, 6.07) is 11.6. The molecule has 2 amide bonds. The highest BCUT2D eigenvalue weighted by Gasteiger charge is 2.33. The average Bonchev–Trinajstić information content (AvgIpc) is 2.74. The molecule has 3 rings (SSSR count). The van der Waals surface area contributed by atoms with Gasteiger partial charge in [-0.1, -0.05) is 17.7 Å². The summed E-state index contributed by atoms with van der Waals surface area (Å²) in [6.07, 6.45) is 4.04. The van der Waals surface area contributed by atoms with E-state index in [-0.39, 0.29) is 23.7 Å². The third-order valence-corrected chi connectivity index (χ3v) is 5.21. The van der Waals surface area contributed by atoms with Crippen molar-refractivity contribution in [2.24, 2.45) is 11.8 Å². The summed E-state index contributed by atoms with van der Waals surface area (Å²) >= 11 is 0. The van der Waals surface area contributed by atoms with Crippen LogP contribution in [-0.4, -0.2) is 41.3 Å². The third-order valence-electron chi connectivity index (χ3n) is 5.21. The Kier molecular flexibility index (Phi) is 6.76. The van der Waals surface area contributed by atoms with Gasteiger partial charge in [0.1, 0.15) is 0 Å². The van der Waals surface area contributed by atoms with Crippen molar-refractivity contribution in [1.82, 2.24) is 15.2 Å². The monoisotopic (exact) mass is 380 g/mol. The van der Waals surface area contributed by atoms with Crippen LogP contribution in [0.2, 0.25) is 0 Å². The Labute approximate surface area is 166 Å². The highest BCUT2D eigenvalue weighted by molar-refractivity contribution is 5.93. The number of carbonyl (C=O) groups is 2. The van der Waals surface area contributed by atoms with E-state index in [1.807, 2.05) is 55.1 Å². The number of amides is 2. The van der Waals surface area contributed by atoms with Gasteiger partial charge in [-0.05, 0) is 50.1 Å². The largest absolute Gasteiger partial charge is 0.338 e. The Bertz CT molecular complexity index is 792. The van der Waals surface area contributed by atoms with Crippen molar-refractivity contribution in [2.45, 2.75) is 26.8 Å². The lowest BCUT2D eigenvalue weighted by atomic mass is 9.88. The second-order valence-corrected chi connectivity index (χ2v) is 7.35. The lowest BCUT2D eigenvalue weighted by Gasteiger charge is -2.32. The Morgan fingerprint density at radius 2 is 1.79 bits per heavy atom. The maximum Gasteiger partial charge on any atom is 0.228 e. The van der Waals surface area contributed by atoms with Crippen molar-refractivity contribution in [1.29, 1.82) is 0 Å². The van der Waals surface area contributed by atoms with Crippen LogP contribution in [0.25, 0.3) is 0 Å². The summed E-state index contributed by atoms with van der Waals surface area (Å²) in [5.41, 5.74) is 3.00. The molecule has 0 spiro atoms. The highest BCUT2D eigenvalue weighted by Crippen LogP contribution is 2.22. The molecule has 2 heterocycles. The van der Waals surface area contributed by atoms with Crippen molar-refractivity contribution in [3.8, 4) is 0 Å². The third kappa shape index (κ3) is 5.16. The van der Waals surface area contributed by atoms with Crippen LogP contribution in [0.1, 0.15) is 24.5 Å². The smallest absolute Gasteiger partial charge is 0.228 e. The minimum Gasteiger partial charge on any atom is -0.338 e. The number of carbonyl (C=O) groups excluding carboxylic acids is 2. The molecule has 1 fully saturated rings. The molecular formula is C22H28N4O2. The summed E-state index contributed by atoms with van der Waals surface area (Å²) in [7, 11) is 0. The van der Waals surface area contributed by atoms with Gasteiger partial charge in [0, 0.05) is 44.3 Å². The van der Waals surface area contributed by atoms with Gasteiger partial charge in [-0.15, -0.1) is 0 Å². The van der Waals surface area contributed by atoms with Gasteiger partial charge in [0.2, 0.25) is 11.8 Å². The van der Waals surface area contributed by atoms with Crippen molar-refractivity contribution < 1.29 is 9.59 Å². The van der Waals surface area contributed by atoms with Gasteiger partial charge in [-0.3, -0.25) is 14.6 Å². The van der Waals surface area contributed by atoms with Crippen molar-refractivity contribution >= 4 is 17.5 Å². The molecule has 148 valence electrons. The number of anilines is 1. The number of rotatable bonds is 6. The van der Waals surface area contributed by atoms with Gasteiger partial charge < -0.3 is 15.5 Å². The van der Waals surface area contributed by atoms with Gasteiger partial charge in [-0.2, -0.15) is 0 Å². The molecule has 1 aliphatic heterocycles. The van der Waals surface area contributed by atoms with E-state index in [1.54, 1.807) is 12.4 Å². The Balaban J connectivity index is 1.60. The summed E-state index contributed by atoms with van der Waals surface area (Å²) in [4.78, 5) is 31.6. The first-order chi connectivity index (χ1) is 13.6. The zero-order valence-corrected chi connectivity index (χ0v) is 16.5. The van der Waals surface area contributed by atoms with Gasteiger partial charge in [-0.25, -0.2) is 0 Å². The lowest BCUT2D eigenvalue weighted by Crippen LogP contribution is -2.48. The molecule has 1 saturated heterocycles. The molecule has 2 aromatic rings. The first-order valence-electron chi connectivity index (χ1n) is 9.82.